The number of anilines is 2. The summed E-state index contributed by atoms with van der Waals surface area (Å²) in [5.74, 6) is 1.01. The van der Waals surface area contributed by atoms with Gasteiger partial charge in [-0.3, -0.25) is 4.90 Å². The van der Waals surface area contributed by atoms with Gasteiger partial charge in [-0.25, -0.2) is 15.0 Å². The van der Waals surface area contributed by atoms with Gasteiger partial charge in [0, 0.05) is 33.3 Å². The van der Waals surface area contributed by atoms with Crippen molar-refractivity contribution in [3.8, 4) is 0 Å². The third-order valence-corrected chi connectivity index (χ3v) is 7.95. The van der Waals surface area contributed by atoms with Gasteiger partial charge in [-0.05, 0) is 66.2 Å². The molecule has 0 aliphatic carbocycles. The molecule has 0 spiro atoms. The highest BCUT2D eigenvalue weighted by Crippen LogP contribution is 2.43. The number of rotatable bonds is 4. The molecule has 38 heavy (non-hydrogen) atoms. The highest BCUT2D eigenvalue weighted by molar-refractivity contribution is 6.05. The van der Waals surface area contributed by atoms with Crippen molar-refractivity contribution in [3.05, 3.63) is 11.5 Å². The van der Waals surface area contributed by atoms with Crippen molar-refractivity contribution >= 4 is 17.3 Å². The molecular formula is C27H42N6O5. The van der Waals surface area contributed by atoms with E-state index >= 15 is 0 Å². The molecule has 6 heterocycles. The van der Waals surface area contributed by atoms with Crippen molar-refractivity contribution in [2.24, 2.45) is 4.99 Å². The fraction of sp³-hybridized carbons (Fsp3) is 0.815. The van der Waals surface area contributed by atoms with Crippen molar-refractivity contribution < 1.29 is 23.7 Å². The molecule has 6 rings (SSSR count). The molecule has 5 aliphatic rings. The smallest absolute Gasteiger partial charge is 0.232 e. The first-order valence-corrected chi connectivity index (χ1v) is 14.2. The standard InChI is InChI=1S/C27H42N6O5/c1-26(2)35-16-18(37-26)22-28-20-21(24(29-22)32-14-10-7-11-15-32)33(19-17-36-27(3,4)38-19)25(34-5)30-23(20)31-12-8-6-9-13-31/h18-19,25H,6-17H2,1-5H3. The maximum absolute atomic E-state index is 6.38. The Labute approximate surface area is 225 Å². The average molecular weight is 531 g/mol. The summed E-state index contributed by atoms with van der Waals surface area (Å²) < 4.78 is 30.6. The number of hydrogen-bond acceptors (Lipinski definition) is 11. The minimum Gasteiger partial charge on any atom is -0.355 e. The van der Waals surface area contributed by atoms with Crippen molar-refractivity contribution in [2.75, 3.05) is 56.3 Å². The Morgan fingerprint density at radius 2 is 1.42 bits per heavy atom. The van der Waals surface area contributed by atoms with Crippen LogP contribution in [-0.2, 0) is 23.7 Å². The largest absolute Gasteiger partial charge is 0.355 e. The fourth-order valence-corrected chi connectivity index (χ4v) is 6.07. The zero-order chi connectivity index (χ0) is 26.5. The first kappa shape index (κ1) is 26.2. The molecule has 0 saturated carbocycles. The Balaban J connectivity index is 1.52. The lowest BCUT2D eigenvalue weighted by molar-refractivity contribution is -0.141. The molecule has 4 fully saturated rings. The summed E-state index contributed by atoms with van der Waals surface area (Å²) in [5, 5.41) is 0. The molecule has 0 amide bonds. The van der Waals surface area contributed by atoms with Crippen LogP contribution in [0.25, 0.3) is 0 Å². The Bertz CT molecular complexity index is 1050. The lowest BCUT2D eigenvalue weighted by Crippen LogP contribution is -2.52. The van der Waals surface area contributed by atoms with Gasteiger partial charge in [0.2, 0.25) is 6.35 Å². The SMILES string of the molecule is COC1N=C(N2CCCCC2)c2nc(C3COC(C)(C)O3)nc(N3CCCCC3)c2N1C1COC(C)(C)O1. The number of piperidine rings is 2. The highest BCUT2D eigenvalue weighted by Gasteiger charge is 2.46. The van der Waals surface area contributed by atoms with Crippen LogP contribution in [0.3, 0.4) is 0 Å². The number of fused-ring (bicyclic) bond motifs is 1. The maximum atomic E-state index is 6.38. The predicted molar refractivity (Wildman–Crippen MR) is 142 cm³/mol. The van der Waals surface area contributed by atoms with Gasteiger partial charge < -0.3 is 33.5 Å². The molecule has 0 aromatic carbocycles. The van der Waals surface area contributed by atoms with Gasteiger partial charge in [0.25, 0.3) is 0 Å². The van der Waals surface area contributed by atoms with Crippen LogP contribution in [0.5, 0.6) is 0 Å². The molecule has 3 atom stereocenters. The Hall–Kier alpha value is -2.05. The number of amidine groups is 1. The van der Waals surface area contributed by atoms with E-state index in [2.05, 4.69) is 14.7 Å². The van der Waals surface area contributed by atoms with E-state index in [4.69, 9.17) is 38.6 Å². The molecule has 0 N–H and O–H groups in total. The molecule has 1 aromatic rings. The molecule has 4 saturated heterocycles. The predicted octanol–water partition coefficient (Wildman–Crippen LogP) is 3.38. The number of aliphatic imine (C=N–C) groups is 1. The molecule has 5 aliphatic heterocycles. The van der Waals surface area contributed by atoms with Crippen LogP contribution >= 0.6 is 0 Å². The van der Waals surface area contributed by atoms with Gasteiger partial charge in [-0.1, -0.05) is 0 Å². The van der Waals surface area contributed by atoms with E-state index < -0.39 is 17.9 Å². The van der Waals surface area contributed by atoms with Crippen LogP contribution in [0.15, 0.2) is 4.99 Å². The summed E-state index contributed by atoms with van der Waals surface area (Å²) >= 11 is 0. The first-order chi connectivity index (χ1) is 18.2. The van der Waals surface area contributed by atoms with Gasteiger partial charge >= 0.3 is 0 Å². The number of nitrogens with zero attached hydrogens (tertiary/aromatic N) is 6. The maximum Gasteiger partial charge on any atom is 0.232 e. The Morgan fingerprint density at radius 3 is 2.00 bits per heavy atom. The van der Waals surface area contributed by atoms with E-state index in [1.165, 1.54) is 12.8 Å². The van der Waals surface area contributed by atoms with Crippen molar-refractivity contribution in [2.45, 2.75) is 96.5 Å². The van der Waals surface area contributed by atoms with Crippen molar-refractivity contribution in [1.29, 1.82) is 0 Å². The second-order valence-corrected chi connectivity index (χ2v) is 11.7. The van der Waals surface area contributed by atoms with Gasteiger partial charge in [0.05, 0.1) is 13.2 Å². The Kier molecular flexibility index (Phi) is 7.01. The van der Waals surface area contributed by atoms with Crippen LogP contribution in [0.2, 0.25) is 0 Å². The third-order valence-electron chi connectivity index (χ3n) is 7.95. The molecule has 1 aromatic heterocycles. The van der Waals surface area contributed by atoms with Gasteiger partial charge in [-0.2, -0.15) is 0 Å². The van der Waals surface area contributed by atoms with Crippen molar-refractivity contribution in [1.82, 2.24) is 14.9 Å². The molecule has 210 valence electrons. The van der Waals surface area contributed by atoms with Crippen LogP contribution in [0.4, 0.5) is 11.5 Å². The summed E-state index contributed by atoms with van der Waals surface area (Å²) in [6, 6.07) is 0. The summed E-state index contributed by atoms with van der Waals surface area (Å²) in [6.07, 6.45) is 5.66. The zero-order valence-electron chi connectivity index (χ0n) is 23.4. The molecule has 11 nitrogen and oxygen atoms in total. The van der Waals surface area contributed by atoms with Crippen LogP contribution < -0.4 is 9.80 Å². The number of methoxy groups -OCH3 is 1. The minimum absolute atomic E-state index is 0.347. The van der Waals surface area contributed by atoms with E-state index in [9.17, 15) is 0 Å². The molecule has 0 bridgehead atoms. The van der Waals surface area contributed by atoms with Gasteiger partial charge in [-0.15, -0.1) is 0 Å². The second-order valence-electron chi connectivity index (χ2n) is 11.7. The highest BCUT2D eigenvalue weighted by atomic mass is 16.8. The Morgan fingerprint density at radius 1 is 0.789 bits per heavy atom. The van der Waals surface area contributed by atoms with E-state index in [-0.39, 0.29) is 12.3 Å². The van der Waals surface area contributed by atoms with Gasteiger partial charge in [0.15, 0.2) is 35.3 Å². The normalized spacial score (nSPS) is 30.9. The molecule has 3 unspecified atom stereocenters. The first-order valence-electron chi connectivity index (χ1n) is 14.2. The number of ether oxygens (including phenoxy) is 5. The van der Waals surface area contributed by atoms with E-state index in [0.29, 0.717) is 19.0 Å². The zero-order valence-corrected chi connectivity index (χ0v) is 23.4. The summed E-state index contributed by atoms with van der Waals surface area (Å²) in [5.41, 5.74) is 1.72. The monoisotopic (exact) mass is 530 g/mol. The summed E-state index contributed by atoms with van der Waals surface area (Å²) in [7, 11) is 1.70. The van der Waals surface area contributed by atoms with E-state index in [1.54, 1.807) is 7.11 Å². The number of aromatic nitrogens is 2. The summed E-state index contributed by atoms with van der Waals surface area (Å²) in [4.78, 5) is 22.4. The van der Waals surface area contributed by atoms with Crippen molar-refractivity contribution in [3.63, 3.8) is 0 Å². The lowest BCUT2D eigenvalue weighted by Gasteiger charge is -2.43. The molecular weight excluding hydrogens is 488 g/mol. The van der Waals surface area contributed by atoms with Crippen LogP contribution in [0.1, 0.15) is 83.8 Å². The molecule has 11 heteroatoms. The summed E-state index contributed by atoms with van der Waals surface area (Å²) in [6.45, 7) is 12.3. The van der Waals surface area contributed by atoms with Gasteiger partial charge in [0.1, 0.15) is 17.5 Å². The average Bonchev–Trinajstić information content (AvgIpc) is 3.48. The number of hydrogen-bond donors (Lipinski definition) is 0. The van der Waals surface area contributed by atoms with E-state index in [1.807, 2.05) is 27.7 Å². The lowest BCUT2D eigenvalue weighted by atomic mass is 10.1. The fourth-order valence-electron chi connectivity index (χ4n) is 6.07. The minimum atomic E-state index is -0.702. The molecule has 0 radical (unpaired) electrons. The third kappa shape index (κ3) is 4.99. The van der Waals surface area contributed by atoms with E-state index in [0.717, 1.165) is 74.9 Å². The topological polar surface area (TPSA) is 94.0 Å². The number of likely N-dealkylation sites (tertiary alicyclic amines) is 1. The van der Waals surface area contributed by atoms with Crippen LogP contribution in [-0.4, -0.2) is 91.4 Å². The second kappa shape index (κ2) is 10.2. The quantitative estimate of drug-likeness (QED) is 0.577. The van der Waals surface area contributed by atoms with Crippen LogP contribution in [0, 0.1) is 0 Å².